The van der Waals surface area contributed by atoms with E-state index in [4.69, 9.17) is 0 Å². The first kappa shape index (κ1) is 13.5. The molecular formula is C13H20N2O2S. The molecule has 18 heavy (non-hydrogen) atoms. The van der Waals surface area contributed by atoms with Gasteiger partial charge in [-0.1, -0.05) is 6.92 Å². The summed E-state index contributed by atoms with van der Waals surface area (Å²) >= 11 is 1.55. The molecule has 2 heterocycles. The Morgan fingerprint density at radius 3 is 2.56 bits per heavy atom. The van der Waals surface area contributed by atoms with Gasteiger partial charge >= 0.3 is 5.97 Å². The van der Waals surface area contributed by atoms with Crippen LogP contribution in [0.5, 0.6) is 0 Å². The van der Waals surface area contributed by atoms with Crippen LogP contribution in [0.1, 0.15) is 23.4 Å². The quantitative estimate of drug-likeness (QED) is 0.904. The number of thiophene rings is 1. The highest BCUT2D eigenvalue weighted by atomic mass is 32.1. The first-order chi connectivity index (χ1) is 8.63. The van der Waals surface area contributed by atoms with E-state index < -0.39 is 12.0 Å². The SMILES string of the molecule is CCN1CCN(C(C(=O)O)c2sccc2C)CC1. The van der Waals surface area contributed by atoms with Crippen molar-refractivity contribution >= 4 is 17.3 Å². The first-order valence-electron chi connectivity index (χ1n) is 6.36. The normalized spacial score (nSPS) is 19.9. The Bertz CT molecular complexity index is 411. The summed E-state index contributed by atoms with van der Waals surface area (Å²) in [6, 6.07) is 1.53. The third-order valence-corrected chi connectivity index (χ3v) is 4.67. The van der Waals surface area contributed by atoms with E-state index in [1.54, 1.807) is 11.3 Å². The Hall–Kier alpha value is -0.910. The van der Waals surface area contributed by atoms with Gasteiger partial charge in [0.2, 0.25) is 0 Å². The van der Waals surface area contributed by atoms with Gasteiger partial charge in [-0.15, -0.1) is 11.3 Å². The van der Waals surface area contributed by atoms with Gasteiger partial charge in [-0.05, 0) is 30.5 Å². The lowest BCUT2D eigenvalue weighted by atomic mass is 10.1. The molecule has 100 valence electrons. The molecule has 1 aromatic heterocycles. The molecule has 5 heteroatoms. The number of carbonyl (C=O) groups is 1. The van der Waals surface area contributed by atoms with Crippen molar-refractivity contribution in [2.45, 2.75) is 19.9 Å². The van der Waals surface area contributed by atoms with Gasteiger partial charge in [-0.2, -0.15) is 0 Å². The number of rotatable bonds is 4. The van der Waals surface area contributed by atoms with E-state index in [9.17, 15) is 9.90 Å². The van der Waals surface area contributed by atoms with Crippen LogP contribution in [0.3, 0.4) is 0 Å². The summed E-state index contributed by atoms with van der Waals surface area (Å²) in [7, 11) is 0. The zero-order valence-corrected chi connectivity index (χ0v) is 11.7. The number of nitrogens with zero attached hydrogens (tertiary/aromatic N) is 2. The Kier molecular flexibility index (Phi) is 4.37. The summed E-state index contributed by atoms with van der Waals surface area (Å²) < 4.78 is 0. The Morgan fingerprint density at radius 1 is 1.44 bits per heavy atom. The molecule has 1 atom stereocenters. The molecule has 0 aromatic carbocycles. The highest BCUT2D eigenvalue weighted by Gasteiger charge is 2.31. The molecule has 1 fully saturated rings. The minimum absolute atomic E-state index is 0.469. The molecule has 0 radical (unpaired) electrons. The average molecular weight is 268 g/mol. The van der Waals surface area contributed by atoms with E-state index in [1.165, 1.54) is 0 Å². The number of hydrogen-bond donors (Lipinski definition) is 1. The van der Waals surface area contributed by atoms with Gasteiger partial charge in [-0.25, -0.2) is 0 Å². The van der Waals surface area contributed by atoms with Crippen molar-refractivity contribution in [3.8, 4) is 0 Å². The molecule has 0 bridgehead atoms. The van der Waals surface area contributed by atoms with Gasteiger partial charge in [0.15, 0.2) is 0 Å². The summed E-state index contributed by atoms with van der Waals surface area (Å²) in [4.78, 5) is 17.0. The van der Waals surface area contributed by atoms with E-state index in [0.29, 0.717) is 0 Å². The van der Waals surface area contributed by atoms with E-state index in [2.05, 4.69) is 16.7 Å². The second-order valence-electron chi connectivity index (χ2n) is 4.68. The predicted octanol–water partition coefficient (Wildman–Crippen LogP) is 1.82. The van der Waals surface area contributed by atoms with Crippen LogP contribution in [0.4, 0.5) is 0 Å². The Labute approximate surface area is 112 Å². The fourth-order valence-corrected chi connectivity index (χ4v) is 3.49. The van der Waals surface area contributed by atoms with Gasteiger partial charge in [-0.3, -0.25) is 9.69 Å². The molecule has 1 N–H and O–H groups in total. The van der Waals surface area contributed by atoms with Gasteiger partial charge in [0.1, 0.15) is 6.04 Å². The largest absolute Gasteiger partial charge is 0.480 e. The van der Waals surface area contributed by atoms with Crippen molar-refractivity contribution in [1.29, 1.82) is 0 Å². The van der Waals surface area contributed by atoms with E-state index in [1.807, 2.05) is 18.4 Å². The third-order valence-electron chi connectivity index (χ3n) is 3.60. The monoisotopic (exact) mass is 268 g/mol. The maximum atomic E-state index is 11.6. The number of carboxylic acids is 1. The van der Waals surface area contributed by atoms with Gasteiger partial charge in [0, 0.05) is 31.1 Å². The smallest absolute Gasteiger partial charge is 0.326 e. The molecular weight excluding hydrogens is 248 g/mol. The molecule has 4 nitrogen and oxygen atoms in total. The predicted molar refractivity (Wildman–Crippen MR) is 73.1 cm³/mol. The van der Waals surface area contributed by atoms with Crippen LogP contribution in [-0.4, -0.2) is 53.6 Å². The van der Waals surface area contributed by atoms with Gasteiger partial charge < -0.3 is 10.0 Å². The molecule has 0 aliphatic carbocycles. The maximum Gasteiger partial charge on any atom is 0.326 e. The minimum atomic E-state index is -0.731. The second-order valence-corrected chi connectivity index (χ2v) is 5.63. The summed E-state index contributed by atoms with van der Waals surface area (Å²) in [6.07, 6.45) is 0. The van der Waals surface area contributed by atoms with Crippen LogP contribution in [0.25, 0.3) is 0 Å². The van der Waals surface area contributed by atoms with E-state index >= 15 is 0 Å². The number of piperazine rings is 1. The van der Waals surface area contributed by atoms with Crippen molar-refractivity contribution in [3.05, 3.63) is 21.9 Å². The number of likely N-dealkylation sites (N-methyl/N-ethyl adjacent to an activating group) is 1. The lowest BCUT2D eigenvalue weighted by Gasteiger charge is -2.37. The highest BCUT2D eigenvalue weighted by molar-refractivity contribution is 7.10. The molecule has 1 unspecified atom stereocenters. The van der Waals surface area contributed by atoms with Gasteiger partial charge in [0.25, 0.3) is 0 Å². The molecule has 1 saturated heterocycles. The number of hydrogen-bond acceptors (Lipinski definition) is 4. The Morgan fingerprint density at radius 2 is 2.11 bits per heavy atom. The lowest BCUT2D eigenvalue weighted by molar-refractivity contribution is -0.144. The molecule has 0 amide bonds. The fraction of sp³-hybridized carbons (Fsp3) is 0.615. The fourth-order valence-electron chi connectivity index (χ4n) is 2.44. The van der Waals surface area contributed by atoms with E-state index in [0.717, 1.165) is 43.2 Å². The van der Waals surface area contributed by atoms with Crippen LogP contribution in [-0.2, 0) is 4.79 Å². The Balaban J connectivity index is 2.13. The zero-order valence-electron chi connectivity index (χ0n) is 10.9. The third kappa shape index (κ3) is 2.74. The van der Waals surface area contributed by atoms with Crippen molar-refractivity contribution in [2.24, 2.45) is 0 Å². The summed E-state index contributed by atoms with van der Waals surface area (Å²) in [5.41, 5.74) is 1.09. The molecule has 1 aromatic rings. The van der Waals surface area contributed by atoms with Gasteiger partial charge in [0.05, 0.1) is 0 Å². The van der Waals surface area contributed by atoms with Crippen LogP contribution >= 0.6 is 11.3 Å². The second kappa shape index (κ2) is 5.82. The summed E-state index contributed by atoms with van der Waals surface area (Å²) in [6.45, 7) is 8.78. The molecule has 0 spiro atoms. The molecule has 1 aliphatic heterocycles. The van der Waals surface area contributed by atoms with Crippen LogP contribution in [0, 0.1) is 6.92 Å². The number of aliphatic carboxylic acids is 1. The lowest BCUT2D eigenvalue weighted by Crippen LogP contribution is -2.49. The topological polar surface area (TPSA) is 43.8 Å². The molecule has 2 rings (SSSR count). The standard InChI is InChI=1S/C13H20N2O2S/c1-3-14-5-7-15(8-6-14)11(13(16)17)12-10(2)4-9-18-12/h4,9,11H,3,5-8H2,1-2H3,(H,16,17). The van der Waals surface area contributed by atoms with Crippen LogP contribution in [0.15, 0.2) is 11.4 Å². The minimum Gasteiger partial charge on any atom is -0.480 e. The summed E-state index contributed by atoms with van der Waals surface area (Å²) in [5, 5.41) is 11.5. The van der Waals surface area contributed by atoms with Crippen molar-refractivity contribution < 1.29 is 9.90 Å². The van der Waals surface area contributed by atoms with Crippen LogP contribution < -0.4 is 0 Å². The van der Waals surface area contributed by atoms with Crippen molar-refractivity contribution in [2.75, 3.05) is 32.7 Å². The zero-order chi connectivity index (χ0) is 13.1. The number of aryl methyl sites for hydroxylation is 1. The highest BCUT2D eigenvalue weighted by Crippen LogP contribution is 2.29. The maximum absolute atomic E-state index is 11.6. The van der Waals surface area contributed by atoms with Crippen LogP contribution in [0.2, 0.25) is 0 Å². The van der Waals surface area contributed by atoms with E-state index in [-0.39, 0.29) is 0 Å². The number of carboxylic acid groups (broad SMARTS) is 1. The molecule has 0 saturated carbocycles. The first-order valence-corrected chi connectivity index (χ1v) is 7.24. The van der Waals surface area contributed by atoms with Crippen molar-refractivity contribution in [3.63, 3.8) is 0 Å². The van der Waals surface area contributed by atoms with Crippen molar-refractivity contribution in [1.82, 2.24) is 9.80 Å². The molecule has 1 aliphatic rings. The summed E-state index contributed by atoms with van der Waals surface area (Å²) in [5.74, 6) is -0.731. The average Bonchev–Trinajstić information content (AvgIpc) is 2.76.